The molecule has 0 radical (unpaired) electrons. The number of amides is 1. The maximum Gasteiger partial charge on any atom is 0.261 e. The van der Waals surface area contributed by atoms with Crippen LogP contribution in [0.4, 0.5) is 0 Å². The van der Waals surface area contributed by atoms with E-state index < -0.39 is 27.3 Å². The molecule has 2 aromatic rings. The number of H-pyrrole nitrogens is 1. The fourth-order valence-electron chi connectivity index (χ4n) is 2.66. The van der Waals surface area contributed by atoms with Gasteiger partial charge in [0.05, 0.1) is 11.8 Å². The molecule has 1 aromatic heterocycles. The molecule has 0 aliphatic carbocycles. The van der Waals surface area contributed by atoms with E-state index in [0.717, 1.165) is 16.4 Å². The Morgan fingerprint density at radius 1 is 1.29 bits per heavy atom. The van der Waals surface area contributed by atoms with Crippen molar-refractivity contribution in [2.75, 3.05) is 5.75 Å². The number of pyridine rings is 1. The molecule has 0 spiro atoms. The van der Waals surface area contributed by atoms with Crippen LogP contribution in [-0.4, -0.2) is 31.1 Å². The summed E-state index contributed by atoms with van der Waals surface area (Å²) in [5.74, 6) is -0.433. The number of hydrogen-bond acceptors (Lipinski definition) is 4. The summed E-state index contributed by atoms with van der Waals surface area (Å²) in [6.45, 7) is 4.12. The van der Waals surface area contributed by atoms with E-state index in [4.69, 9.17) is 0 Å². The highest BCUT2D eigenvalue weighted by atomic mass is 32.2. The Labute approximate surface area is 139 Å². The van der Waals surface area contributed by atoms with E-state index in [1.54, 1.807) is 0 Å². The van der Waals surface area contributed by atoms with Crippen LogP contribution in [0.3, 0.4) is 0 Å². The standard InChI is InChI=1S/C17H18N2O4S/c1-10(2)11-3-4-12-7-14(17(21)19-15(12)8-11)16(20)18-13-5-6-24(22,23)9-13/h3-8,10,13H,9H2,1-2H3,(H,18,20)(H,19,21). The van der Waals surface area contributed by atoms with Gasteiger partial charge in [0.1, 0.15) is 5.56 Å². The highest BCUT2D eigenvalue weighted by Gasteiger charge is 2.24. The third kappa shape index (κ3) is 3.26. The molecule has 1 atom stereocenters. The van der Waals surface area contributed by atoms with Gasteiger partial charge in [-0.1, -0.05) is 26.0 Å². The molecule has 7 heteroatoms. The third-order valence-electron chi connectivity index (χ3n) is 4.03. The predicted octanol–water partition coefficient (Wildman–Crippen LogP) is 1.69. The SMILES string of the molecule is CC(C)c1ccc2cc(C(=O)NC3C=CS(=O)(=O)C3)c(=O)[nH]c2c1. The van der Waals surface area contributed by atoms with E-state index in [9.17, 15) is 18.0 Å². The van der Waals surface area contributed by atoms with E-state index in [0.29, 0.717) is 11.4 Å². The quantitative estimate of drug-likeness (QED) is 0.884. The Kier molecular flexibility index (Phi) is 4.04. The number of aromatic amines is 1. The van der Waals surface area contributed by atoms with Crippen molar-refractivity contribution in [3.63, 3.8) is 0 Å². The fourth-order valence-corrected chi connectivity index (χ4v) is 3.89. The lowest BCUT2D eigenvalue weighted by atomic mass is 10.0. The van der Waals surface area contributed by atoms with E-state index >= 15 is 0 Å². The Morgan fingerprint density at radius 3 is 2.67 bits per heavy atom. The van der Waals surface area contributed by atoms with Gasteiger partial charge >= 0.3 is 0 Å². The minimum Gasteiger partial charge on any atom is -0.345 e. The Hall–Kier alpha value is -2.41. The van der Waals surface area contributed by atoms with E-state index in [1.165, 1.54) is 12.1 Å². The minimum atomic E-state index is -3.26. The molecule has 1 amide bonds. The van der Waals surface area contributed by atoms with Gasteiger partial charge in [0.25, 0.3) is 11.5 Å². The molecule has 3 rings (SSSR count). The molecule has 0 saturated carbocycles. The van der Waals surface area contributed by atoms with Crippen molar-refractivity contribution in [3.8, 4) is 0 Å². The Balaban J connectivity index is 1.91. The van der Waals surface area contributed by atoms with Gasteiger partial charge in [-0.05, 0) is 35.1 Å². The molecule has 6 nitrogen and oxygen atoms in total. The molecular formula is C17H18N2O4S. The molecule has 24 heavy (non-hydrogen) atoms. The zero-order valence-corrected chi connectivity index (χ0v) is 14.2. The predicted molar refractivity (Wildman–Crippen MR) is 92.8 cm³/mol. The highest BCUT2D eigenvalue weighted by Crippen LogP contribution is 2.19. The van der Waals surface area contributed by atoms with Gasteiger partial charge in [-0.2, -0.15) is 0 Å². The first-order chi connectivity index (χ1) is 11.2. The number of fused-ring (bicyclic) bond motifs is 1. The van der Waals surface area contributed by atoms with E-state index in [1.807, 2.05) is 18.2 Å². The average molecular weight is 346 g/mol. The summed E-state index contributed by atoms with van der Waals surface area (Å²) < 4.78 is 22.8. The topological polar surface area (TPSA) is 96.1 Å². The zero-order valence-electron chi connectivity index (χ0n) is 13.4. The monoisotopic (exact) mass is 346 g/mol. The molecule has 0 saturated heterocycles. The summed E-state index contributed by atoms with van der Waals surface area (Å²) in [5.41, 5.74) is 1.24. The number of hydrogen-bond donors (Lipinski definition) is 2. The number of sulfone groups is 1. The molecule has 1 aliphatic heterocycles. The second-order valence-electron chi connectivity index (χ2n) is 6.25. The molecule has 1 unspecified atom stereocenters. The highest BCUT2D eigenvalue weighted by molar-refractivity contribution is 7.94. The second kappa shape index (κ2) is 5.90. The van der Waals surface area contributed by atoms with E-state index in [-0.39, 0.29) is 11.3 Å². The maximum absolute atomic E-state index is 12.3. The summed E-state index contributed by atoms with van der Waals surface area (Å²) >= 11 is 0. The second-order valence-corrected chi connectivity index (χ2v) is 8.18. The zero-order chi connectivity index (χ0) is 17.5. The van der Waals surface area contributed by atoms with Crippen molar-refractivity contribution in [3.05, 3.63) is 57.2 Å². The third-order valence-corrected chi connectivity index (χ3v) is 5.42. The molecule has 126 valence electrons. The Morgan fingerprint density at radius 2 is 2.04 bits per heavy atom. The summed E-state index contributed by atoms with van der Waals surface area (Å²) in [6, 6.07) is 6.63. The lowest BCUT2D eigenvalue weighted by Gasteiger charge is -2.11. The summed E-state index contributed by atoms with van der Waals surface area (Å²) in [7, 11) is -3.26. The van der Waals surface area contributed by atoms with Gasteiger partial charge in [0.15, 0.2) is 9.84 Å². The number of aromatic nitrogens is 1. The molecule has 0 fully saturated rings. The number of carbonyl (C=O) groups is 1. The van der Waals surface area contributed by atoms with Crippen LogP contribution in [0.5, 0.6) is 0 Å². The lowest BCUT2D eigenvalue weighted by molar-refractivity contribution is 0.0946. The van der Waals surface area contributed by atoms with Crippen LogP contribution in [0.15, 0.2) is 40.5 Å². The summed E-state index contributed by atoms with van der Waals surface area (Å²) in [4.78, 5) is 27.2. The minimum absolute atomic E-state index is 0.0301. The smallest absolute Gasteiger partial charge is 0.261 e. The van der Waals surface area contributed by atoms with Crippen molar-refractivity contribution < 1.29 is 13.2 Å². The van der Waals surface area contributed by atoms with Gasteiger partial charge in [-0.25, -0.2) is 8.42 Å². The average Bonchev–Trinajstić information content (AvgIpc) is 2.84. The van der Waals surface area contributed by atoms with Crippen molar-refractivity contribution >= 4 is 26.6 Å². The maximum atomic E-state index is 12.3. The number of benzene rings is 1. The summed E-state index contributed by atoms with van der Waals surface area (Å²) in [5, 5.41) is 4.39. The normalized spacial score (nSPS) is 19.0. The Bertz CT molecular complexity index is 1000. The van der Waals surface area contributed by atoms with Gasteiger partial charge in [-0.15, -0.1) is 0 Å². The molecule has 1 aromatic carbocycles. The van der Waals surface area contributed by atoms with Crippen LogP contribution in [0.25, 0.3) is 10.9 Å². The van der Waals surface area contributed by atoms with Gasteiger partial charge < -0.3 is 10.3 Å². The molecule has 2 N–H and O–H groups in total. The van der Waals surface area contributed by atoms with Crippen molar-refractivity contribution in [1.29, 1.82) is 0 Å². The number of nitrogens with one attached hydrogen (secondary N) is 2. The van der Waals surface area contributed by atoms with Crippen LogP contribution in [0.1, 0.15) is 35.7 Å². The van der Waals surface area contributed by atoms with Crippen LogP contribution < -0.4 is 10.9 Å². The van der Waals surface area contributed by atoms with Gasteiger partial charge in [0.2, 0.25) is 0 Å². The first kappa shape index (κ1) is 16.4. The molecule has 2 heterocycles. The molecule has 0 bridgehead atoms. The van der Waals surface area contributed by atoms with Crippen LogP contribution in [-0.2, 0) is 9.84 Å². The van der Waals surface area contributed by atoms with Gasteiger partial charge in [0, 0.05) is 10.9 Å². The van der Waals surface area contributed by atoms with Crippen molar-refractivity contribution in [1.82, 2.24) is 10.3 Å². The molecular weight excluding hydrogens is 328 g/mol. The van der Waals surface area contributed by atoms with E-state index in [2.05, 4.69) is 24.1 Å². The number of rotatable bonds is 3. The van der Waals surface area contributed by atoms with Crippen molar-refractivity contribution in [2.24, 2.45) is 0 Å². The van der Waals surface area contributed by atoms with Gasteiger partial charge in [-0.3, -0.25) is 9.59 Å². The first-order valence-electron chi connectivity index (χ1n) is 7.64. The lowest BCUT2D eigenvalue weighted by Crippen LogP contribution is -2.38. The first-order valence-corrected chi connectivity index (χ1v) is 9.35. The number of carbonyl (C=O) groups excluding carboxylic acids is 1. The van der Waals surface area contributed by atoms with Crippen LogP contribution >= 0.6 is 0 Å². The van der Waals surface area contributed by atoms with Crippen LogP contribution in [0.2, 0.25) is 0 Å². The fraction of sp³-hybridized carbons (Fsp3) is 0.294. The summed E-state index contributed by atoms with van der Waals surface area (Å²) in [6.07, 6.45) is 1.41. The molecule has 1 aliphatic rings. The largest absolute Gasteiger partial charge is 0.345 e. The van der Waals surface area contributed by atoms with Crippen molar-refractivity contribution in [2.45, 2.75) is 25.8 Å². The van der Waals surface area contributed by atoms with Crippen LogP contribution in [0, 0.1) is 0 Å².